The van der Waals surface area contributed by atoms with E-state index >= 15 is 0 Å². The van der Waals surface area contributed by atoms with Gasteiger partial charge in [-0.15, -0.1) is 0 Å². The van der Waals surface area contributed by atoms with Gasteiger partial charge in [-0.3, -0.25) is 4.90 Å². The number of nitrogens with two attached hydrogens (primary N) is 1. The summed E-state index contributed by atoms with van der Waals surface area (Å²) in [5.41, 5.74) is 7.07. The van der Waals surface area contributed by atoms with Crippen LogP contribution in [0.1, 0.15) is 31.9 Å². The molecule has 5 heteroatoms. The Morgan fingerprint density at radius 2 is 2.05 bits per heavy atom. The summed E-state index contributed by atoms with van der Waals surface area (Å²) in [6.07, 6.45) is 1.16. The van der Waals surface area contributed by atoms with Gasteiger partial charge in [0.05, 0.1) is 5.02 Å². The Balaban J connectivity index is 2.23. The molecule has 1 aromatic carbocycles. The summed E-state index contributed by atoms with van der Waals surface area (Å²) in [5, 5.41) is 0.595. The zero-order valence-corrected chi connectivity index (χ0v) is 13.8. The topological polar surface area (TPSA) is 47.7 Å². The number of fused-ring (bicyclic) bond motifs is 1. The van der Waals surface area contributed by atoms with Crippen molar-refractivity contribution in [3.63, 3.8) is 0 Å². The first-order valence-electron chi connectivity index (χ1n) is 7.56. The molecule has 0 aliphatic carbocycles. The molecule has 2 unspecified atom stereocenters. The lowest BCUT2D eigenvalue weighted by Crippen LogP contribution is -2.33. The molecule has 118 valence electrons. The van der Waals surface area contributed by atoms with Gasteiger partial charge in [0.2, 0.25) is 0 Å². The Morgan fingerprint density at radius 1 is 1.33 bits per heavy atom. The normalized spacial score (nSPS) is 16.9. The number of hydrogen-bond donors (Lipinski definition) is 1. The van der Waals surface area contributed by atoms with E-state index in [4.69, 9.17) is 26.8 Å². The molecule has 1 heterocycles. The van der Waals surface area contributed by atoms with Crippen molar-refractivity contribution >= 4 is 11.6 Å². The largest absolute Gasteiger partial charge is 0.486 e. The van der Waals surface area contributed by atoms with Crippen molar-refractivity contribution in [2.24, 2.45) is 11.7 Å². The Hall–Kier alpha value is -0.970. The predicted octanol–water partition coefficient (Wildman–Crippen LogP) is 3.09. The summed E-state index contributed by atoms with van der Waals surface area (Å²) >= 11 is 6.32. The van der Waals surface area contributed by atoms with E-state index in [0.29, 0.717) is 36.4 Å². The van der Waals surface area contributed by atoms with Gasteiger partial charge in [-0.05, 0) is 30.7 Å². The van der Waals surface area contributed by atoms with Gasteiger partial charge in [-0.2, -0.15) is 0 Å². The van der Waals surface area contributed by atoms with Gasteiger partial charge in [0, 0.05) is 19.1 Å². The molecular formula is C16H25ClN2O2. The second kappa shape index (κ2) is 7.34. The lowest BCUT2D eigenvalue weighted by Gasteiger charge is -2.30. The van der Waals surface area contributed by atoms with Crippen LogP contribution in [0.3, 0.4) is 0 Å². The van der Waals surface area contributed by atoms with Crippen LogP contribution in [-0.2, 0) is 0 Å². The Kier molecular flexibility index (Phi) is 5.73. The molecule has 0 bridgehead atoms. The van der Waals surface area contributed by atoms with Crippen molar-refractivity contribution in [2.75, 3.05) is 33.4 Å². The van der Waals surface area contributed by atoms with Crippen molar-refractivity contribution in [3.05, 3.63) is 22.7 Å². The van der Waals surface area contributed by atoms with Crippen LogP contribution in [0.4, 0.5) is 0 Å². The summed E-state index contributed by atoms with van der Waals surface area (Å²) in [5.74, 6) is 2.00. The third-order valence-electron chi connectivity index (χ3n) is 4.06. The van der Waals surface area contributed by atoms with Gasteiger partial charge >= 0.3 is 0 Å². The molecule has 2 N–H and O–H groups in total. The van der Waals surface area contributed by atoms with Crippen LogP contribution in [0.15, 0.2) is 12.1 Å². The van der Waals surface area contributed by atoms with E-state index in [1.54, 1.807) is 0 Å². The number of hydrogen-bond acceptors (Lipinski definition) is 4. The van der Waals surface area contributed by atoms with Crippen molar-refractivity contribution in [1.82, 2.24) is 4.90 Å². The molecule has 0 aromatic heterocycles. The summed E-state index contributed by atoms with van der Waals surface area (Å²) in [6.45, 7) is 7.11. The van der Waals surface area contributed by atoms with Gasteiger partial charge in [-0.1, -0.05) is 31.9 Å². The zero-order chi connectivity index (χ0) is 15.4. The molecule has 4 nitrogen and oxygen atoms in total. The first kappa shape index (κ1) is 16.4. The highest BCUT2D eigenvalue weighted by Gasteiger charge is 2.22. The highest BCUT2D eigenvalue weighted by molar-refractivity contribution is 6.32. The lowest BCUT2D eigenvalue weighted by atomic mass is 10.0. The summed E-state index contributed by atoms with van der Waals surface area (Å²) in [6, 6.07) is 4.08. The lowest BCUT2D eigenvalue weighted by molar-refractivity contribution is 0.170. The Morgan fingerprint density at radius 3 is 2.71 bits per heavy atom. The minimum Gasteiger partial charge on any atom is -0.486 e. The predicted molar refractivity (Wildman–Crippen MR) is 86.3 cm³/mol. The number of benzene rings is 1. The van der Waals surface area contributed by atoms with Gasteiger partial charge in [-0.25, -0.2) is 0 Å². The first-order valence-corrected chi connectivity index (χ1v) is 7.94. The van der Waals surface area contributed by atoms with Crippen LogP contribution in [0.2, 0.25) is 5.02 Å². The fourth-order valence-electron chi connectivity index (χ4n) is 2.64. The number of nitrogens with zero attached hydrogens (tertiary/aromatic N) is 1. The maximum Gasteiger partial charge on any atom is 0.179 e. The molecule has 0 amide bonds. The second-order valence-electron chi connectivity index (χ2n) is 5.73. The van der Waals surface area contributed by atoms with E-state index in [-0.39, 0.29) is 6.04 Å². The quantitative estimate of drug-likeness (QED) is 0.877. The van der Waals surface area contributed by atoms with Crippen molar-refractivity contribution < 1.29 is 9.47 Å². The number of halogens is 1. The molecule has 0 saturated carbocycles. The summed E-state index contributed by atoms with van der Waals surface area (Å²) < 4.78 is 11.2. The standard InChI is InChI=1S/C16H25ClN2O2/c1-4-11(2)10-19(3)14(9-18)12-7-13(17)16-15(8-12)20-5-6-21-16/h7-8,11,14H,4-6,9-10,18H2,1-3H3. The van der Waals surface area contributed by atoms with E-state index in [0.717, 1.165) is 24.3 Å². The molecule has 1 aliphatic heterocycles. The number of ether oxygens (including phenoxy) is 2. The highest BCUT2D eigenvalue weighted by Crippen LogP contribution is 2.40. The van der Waals surface area contributed by atoms with Crippen LogP contribution >= 0.6 is 11.6 Å². The van der Waals surface area contributed by atoms with E-state index in [1.165, 1.54) is 0 Å². The van der Waals surface area contributed by atoms with Crippen molar-refractivity contribution in [2.45, 2.75) is 26.3 Å². The molecule has 21 heavy (non-hydrogen) atoms. The maximum absolute atomic E-state index is 6.32. The van der Waals surface area contributed by atoms with E-state index in [2.05, 4.69) is 25.8 Å². The highest BCUT2D eigenvalue weighted by atomic mass is 35.5. The third kappa shape index (κ3) is 3.82. The molecule has 0 fully saturated rings. The molecular weight excluding hydrogens is 288 g/mol. The van der Waals surface area contributed by atoms with E-state index in [1.807, 2.05) is 12.1 Å². The maximum atomic E-state index is 6.32. The number of likely N-dealkylation sites (N-methyl/N-ethyl adjacent to an activating group) is 1. The minimum atomic E-state index is 0.132. The Bertz CT molecular complexity index is 482. The van der Waals surface area contributed by atoms with Crippen molar-refractivity contribution in [1.29, 1.82) is 0 Å². The third-order valence-corrected chi connectivity index (χ3v) is 4.34. The average Bonchev–Trinajstić information content (AvgIpc) is 2.48. The molecule has 1 aliphatic rings. The monoisotopic (exact) mass is 312 g/mol. The SMILES string of the molecule is CCC(C)CN(C)C(CN)c1cc(Cl)c2c(c1)OCCO2. The second-order valence-corrected chi connectivity index (χ2v) is 6.14. The summed E-state index contributed by atoms with van der Waals surface area (Å²) in [4.78, 5) is 2.29. The Labute approximate surface area is 132 Å². The molecule has 0 radical (unpaired) electrons. The van der Waals surface area contributed by atoms with Gasteiger partial charge in [0.15, 0.2) is 11.5 Å². The van der Waals surface area contributed by atoms with E-state index in [9.17, 15) is 0 Å². The van der Waals surface area contributed by atoms with Gasteiger partial charge < -0.3 is 15.2 Å². The fourth-order valence-corrected chi connectivity index (χ4v) is 2.92. The average molecular weight is 313 g/mol. The zero-order valence-electron chi connectivity index (χ0n) is 13.1. The van der Waals surface area contributed by atoms with Crippen LogP contribution in [0, 0.1) is 5.92 Å². The van der Waals surface area contributed by atoms with E-state index < -0.39 is 0 Å². The first-order chi connectivity index (χ1) is 10.1. The molecule has 0 saturated heterocycles. The number of rotatable bonds is 6. The molecule has 1 aromatic rings. The minimum absolute atomic E-state index is 0.132. The van der Waals surface area contributed by atoms with Gasteiger partial charge in [0.1, 0.15) is 13.2 Å². The smallest absolute Gasteiger partial charge is 0.179 e. The summed E-state index contributed by atoms with van der Waals surface area (Å²) in [7, 11) is 2.11. The van der Waals surface area contributed by atoms with Crippen LogP contribution in [0.5, 0.6) is 11.5 Å². The van der Waals surface area contributed by atoms with Crippen LogP contribution in [-0.4, -0.2) is 38.3 Å². The molecule has 0 spiro atoms. The van der Waals surface area contributed by atoms with Crippen LogP contribution in [0.25, 0.3) is 0 Å². The fraction of sp³-hybridized carbons (Fsp3) is 0.625. The molecule has 2 rings (SSSR count). The van der Waals surface area contributed by atoms with Crippen LogP contribution < -0.4 is 15.2 Å². The van der Waals surface area contributed by atoms with Gasteiger partial charge in [0.25, 0.3) is 0 Å². The van der Waals surface area contributed by atoms with Crippen molar-refractivity contribution in [3.8, 4) is 11.5 Å². The molecule has 2 atom stereocenters.